The third-order valence-corrected chi connectivity index (χ3v) is 2.73. The van der Waals surface area contributed by atoms with Crippen molar-refractivity contribution in [2.45, 2.75) is 6.54 Å². The second-order valence-electron chi connectivity index (χ2n) is 3.36. The van der Waals surface area contributed by atoms with Crippen molar-refractivity contribution in [1.82, 2.24) is 4.98 Å². The maximum Gasteiger partial charge on any atom is 0.150 e. The number of rotatable bonds is 3. The Morgan fingerprint density at radius 3 is 2.71 bits per heavy atom. The number of benzene rings is 1. The maximum atomic E-state index is 6.01. The Kier molecular flexibility index (Phi) is 3.84. The third kappa shape index (κ3) is 2.88. The first-order valence-electron chi connectivity index (χ1n) is 4.96. The minimum Gasteiger partial charge on any atom is -0.454 e. The van der Waals surface area contributed by atoms with Gasteiger partial charge >= 0.3 is 0 Å². The van der Waals surface area contributed by atoms with Gasteiger partial charge in [-0.3, -0.25) is 4.98 Å². The van der Waals surface area contributed by atoms with Crippen molar-refractivity contribution < 1.29 is 4.74 Å². The summed E-state index contributed by atoms with van der Waals surface area (Å²) in [6.45, 7) is 0.378. The zero-order valence-corrected chi connectivity index (χ0v) is 10.4. The molecule has 0 unspecified atom stereocenters. The quantitative estimate of drug-likeness (QED) is 0.925. The molecule has 0 aliphatic heterocycles. The summed E-state index contributed by atoms with van der Waals surface area (Å²) in [4.78, 5) is 3.99. The monoisotopic (exact) mass is 268 g/mol. The van der Waals surface area contributed by atoms with Gasteiger partial charge in [-0.05, 0) is 24.3 Å². The Labute approximate surface area is 109 Å². The molecule has 3 nitrogen and oxygen atoms in total. The molecule has 1 aromatic carbocycles. The normalized spacial score (nSPS) is 10.3. The van der Waals surface area contributed by atoms with E-state index in [1.807, 2.05) is 0 Å². The van der Waals surface area contributed by atoms with Crippen LogP contribution in [0, 0.1) is 0 Å². The Balaban J connectivity index is 2.31. The first-order valence-corrected chi connectivity index (χ1v) is 5.72. The van der Waals surface area contributed by atoms with Gasteiger partial charge in [-0.1, -0.05) is 23.2 Å². The lowest BCUT2D eigenvalue weighted by molar-refractivity contribution is 0.474. The van der Waals surface area contributed by atoms with Crippen molar-refractivity contribution in [1.29, 1.82) is 0 Å². The molecule has 0 radical (unpaired) electrons. The predicted octanol–water partition coefficient (Wildman–Crippen LogP) is 3.64. The third-order valence-electron chi connectivity index (χ3n) is 2.20. The minimum absolute atomic E-state index is 0.378. The van der Waals surface area contributed by atoms with E-state index in [2.05, 4.69) is 4.98 Å². The van der Waals surface area contributed by atoms with E-state index >= 15 is 0 Å². The van der Waals surface area contributed by atoms with Gasteiger partial charge in [0.1, 0.15) is 11.5 Å². The van der Waals surface area contributed by atoms with Crippen LogP contribution < -0.4 is 10.5 Å². The standard InChI is InChI=1S/C12H10Cl2N2O/c13-9-1-2-11(10(14)5-9)17-12-7-16-4-3-8(12)6-15/h1-5,7H,6,15H2. The van der Waals surface area contributed by atoms with Crippen molar-refractivity contribution in [2.24, 2.45) is 5.73 Å². The van der Waals surface area contributed by atoms with Crippen LogP contribution in [0.4, 0.5) is 0 Å². The molecular weight excluding hydrogens is 259 g/mol. The highest BCUT2D eigenvalue weighted by atomic mass is 35.5. The molecule has 0 aliphatic carbocycles. The Bertz CT molecular complexity index is 532. The maximum absolute atomic E-state index is 6.01. The van der Waals surface area contributed by atoms with E-state index in [4.69, 9.17) is 33.7 Å². The van der Waals surface area contributed by atoms with Crippen LogP contribution in [0.3, 0.4) is 0 Å². The molecule has 0 spiro atoms. The van der Waals surface area contributed by atoms with Crippen LogP contribution in [0.2, 0.25) is 10.0 Å². The number of nitrogens with two attached hydrogens (primary N) is 1. The second-order valence-corrected chi connectivity index (χ2v) is 4.21. The SMILES string of the molecule is NCc1ccncc1Oc1ccc(Cl)cc1Cl. The molecule has 1 aromatic heterocycles. The molecule has 0 aliphatic rings. The van der Waals surface area contributed by atoms with Crippen molar-refractivity contribution in [3.8, 4) is 11.5 Å². The van der Waals surface area contributed by atoms with E-state index in [-0.39, 0.29) is 0 Å². The summed E-state index contributed by atoms with van der Waals surface area (Å²) >= 11 is 11.8. The lowest BCUT2D eigenvalue weighted by Gasteiger charge is -2.10. The number of ether oxygens (including phenoxy) is 1. The Hall–Kier alpha value is -1.29. The molecule has 1 heterocycles. The largest absolute Gasteiger partial charge is 0.454 e. The molecule has 0 amide bonds. The van der Waals surface area contributed by atoms with Crippen LogP contribution in [0.25, 0.3) is 0 Å². The van der Waals surface area contributed by atoms with Gasteiger partial charge < -0.3 is 10.5 Å². The zero-order chi connectivity index (χ0) is 12.3. The topological polar surface area (TPSA) is 48.1 Å². The van der Waals surface area contributed by atoms with Gasteiger partial charge in [-0.2, -0.15) is 0 Å². The molecule has 17 heavy (non-hydrogen) atoms. The fourth-order valence-electron chi connectivity index (χ4n) is 1.35. The molecule has 2 aromatic rings. The van der Waals surface area contributed by atoms with Crippen molar-refractivity contribution >= 4 is 23.2 Å². The van der Waals surface area contributed by atoms with Gasteiger partial charge in [0, 0.05) is 23.3 Å². The molecule has 0 atom stereocenters. The number of aromatic nitrogens is 1. The lowest BCUT2D eigenvalue weighted by Crippen LogP contribution is -1.99. The second kappa shape index (κ2) is 5.36. The van der Waals surface area contributed by atoms with E-state index in [1.54, 1.807) is 36.7 Å². The molecule has 0 fully saturated rings. The summed E-state index contributed by atoms with van der Waals surface area (Å²) in [6, 6.07) is 6.84. The summed E-state index contributed by atoms with van der Waals surface area (Å²) in [5.74, 6) is 1.12. The molecule has 2 rings (SSSR count). The zero-order valence-electron chi connectivity index (χ0n) is 8.86. The van der Waals surface area contributed by atoms with Crippen LogP contribution >= 0.6 is 23.2 Å². The van der Waals surface area contributed by atoms with Crippen LogP contribution in [-0.2, 0) is 6.54 Å². The summed E-state index contributed by atoms with van der Waals surface area (Å²) in [6.07, 6.45) is 3.27. The van der Waals surface area contributed by atoms with Gasteiger partial charge in [0.2, 0.25) is 0 Å². The lowest BCUT2D eigenvalue weighted by atomic mass is 10.2. The average molecular weight is 269 g/mol. The molecule has 88 valence electrons. The first kappa shape index (κ1) is 12.2. The highest BCUT2D eigenvalue weighted by molar-refractivity contribution is 6.35. The van der Waals surface area contributed by atoms with Crippen molar-refractivity contribution in [3.63, 3.8) is 0 Å². The van der Waals surface area contributed by atoms with Crippen molar-refractivity contribution in [2.75, 3.05) is 0 Å². The molecule has 2 N–H and O–H groups in total. The number of pyridine rings is 1. The minimum atomic E-state index is 0.378. The summed E-state index contributed by atoms with van der Waals surface area (Å²) in [5, 5.41) is 1.01. The van der Waals surface area contributed by atoms with Crippen LogP contribution in [0.5, 0.6) is 11.5 Å². The number of nitrogens with zero attached hydrogens (tertiary/aromatic N) is 1. The number of hydrogen-bond donors (Lipinski definition) is 1. The van der Waals surface area contributed by atoms with Crippen LogP contribution in [-0.4, -0.2) is 4.98 Å². The molecule has 0 saturated carbocycles. The molecule has 5 heteroatoms. The van der Waals surface area contributed by atoms with Gasteiger partial charge in [-0.15, -0.1) is 0 Å². The molecule has 0 bridgehead atoms. The van der Waals surface area contributed by atoms with Gasteiger partial charge in [0.05, 0.1) is 11.2 Å². The van der Waals surface area contributed by atoms with E-state index in [0.29, 0.717) is 28.1 Å². The highest BCUT2D eigenvalue weighted by Gasteiger charge is 2.07. The summed E-state index contributed by atoms with van der Waals surface area (Å²) < 4.78 is 5.65. The van der Waals surface area contributed by atoms with Gasteiger partial charge in [0.15, 0.2) is 0 Å². The highest BCUT2D eigenvalue weighted by Crippen LogP contribution is 2.32. The van der Waals surface area contributed by atoms with Gasteiger partial charge in [-0.25, -0.2) is 0 Å². The van der Waals surface area contributed by atoms with Crippen molar-refractivity contribution in [3.05, 3.63) is 52.3 Å². The Morgan fingerprint density at radius 1 is 1.18 bits per heavy atom. The van der Waals surface area contributed by atoms with E-state index < -0.39 is 0 Å². The smallest absolute Gasteiger partial charge is 0.150 e. The summed E-state index contributed by atoms with van der Waals surface area (Å²) in [7, 11) is 0. The van der Waals surface area contributed by atoms with Gasteiger partial charge in [0.25, 0.3) is 0 Å². The fraction of sp³-hybridized carbons (Fsp3) is 0.0833. The summed E-state index contributed by atoms with van der Waals surface area (Å²) in [5.41, 5.74) is 6.47. The average Bonchev–Trinajstić information content (AvgIpc) is 2.33. The van der Waals surface area contributed by atoms with E-state index in [1.165, 1.54) is 0 Å². The van der Waals surface area contributed by atoms with E-state index in [9.17, 15) is 0 Å². The predicted molar refractivity (Wildman–Crippen MR) is 68.7 cm³/mol. The number of hydrogen-bond acceptors (Lipinski definition) is 3. The first-order chi connectivity index (χ1) is 8.20. The molecular formula is C12H10Cl2N2O. The number of halogens is 2. The van der Waals surface area contributed by atoms with Crippen LogP contribution in [0.15, 0.2) is 36.7 Å². The van der Waals surface area contributed by atoms with E-state index in [0.717, 1.165) is 5.56 Å². The Morgan fingerprint density at radius 2 is 2.00 bits per heavy atom. The molecule has 0 saturated heterocycles. The fourth-order valence-corrected chi connectivity index (χ4v) is 1.79. The van der Waals surface area contributed by atoms with Crippen LogP contribution in [0.1, 0.15) is 5.56 Å².